The van der Waals surface area contributed by atoms with Gasteiger partial charge in [-0.3, -0.25) is 4.79 Å². The number of nitrogens with one attached hydrogen (secondary N) is 1. The van der Waals surface area contributed by atoms with E-state index < -0.39 is 0 Å². The summed E-state index contributed by atoms with van der Waals surface area (Å²) in [5, 5.41) is 2.88. The van der Waals surface area contributed by atoms with Gasteiger partial charge in [-0.2, -0.15) is 0 Å². The average molecular weight is 324 g/mol. The van der Waals surface area contributed by atoms with Crippen LogP contribution in [0, 0.1) is 0 Å². The van der Waals surface area contributed by atoms with Crippen LogP contribution in [0.15, 0.2) is 48.5 Å². The minimum Gasteiger partial charge on any atom is -0.357 e. The van der Waals surface area contributed by atoms with Gasteiger partial charge in [0.1, 0.15) is 11.6 Å². The molecule has 24 heavy (non-hydrogen) atoms. The molecule has 1 aliphatic heterocycles. The highest BCUT2D eigenvalue weighted by Crippen LogP contribution is 2.21. The van der Waals surface area contributed by atoms with E-state index in [1.165, 1.54) is 0 Å². The first kappa shape index (κ1) is 16.5. The highest BCUT2D eigenvalue weighted by Gasteiger charge is 2.21. The molecule has 1 N–H and O–H groups in total. The van der Waals surface area contributed by atoms with E-state index in [9.17, 15) is 4.79 Å². The summed E-state index contributed by atoms with van der Waals surface area (Å²) in [4.78, 5) is 21.5. The summed E-state index contributed by atoms with van der Waals surface area (Å²) in [5.41, 5.74) is 0.633. The van der Waals surface area contributed by atoms with Crippen molar-refractivity contribution in [3.05, 3.63) is 54.1 Å². The summed E-state index contributed by atoms with van der Waals surface area (Å²) in [6.45, 7) is 2.22. The Kier molecular flexibility index (Phi) is 5.11. The van der Waals surface area contributed by atoms with Gasteiger partial charge in [0.05, 0.1) is 0 Å². The van der Waals surface area contributed by atoms with Gasteiger partial charge in [-0.1, -0.05) is 24.3 Å². The molecule has 1 aliphatic rings. The van der Waals surface area contributed by atoms with Crippen LogP contribution in [0.2, 0.25) is 0 Å². The Morgan fingerprint density at radius 2 is 1.83 bits per heavy atom. The van der Waals surface area contributed by atoms with Gasteiger partial charge < -0.3 is 15.1 Å². The first-order chi connectivity index (χ1) is 11.6. The molecule has 1 saturated heterocycles. The van der Waals surface area contributed by atoms with Crippen LogP contribution in [0.4, 0.5) is 11.6 Å². The lowest BCUT2D eigenvalue weighted by molar-refractivity contribution is 0.102. The molecule has 0 bridgehead atoms. The summed E-state index contributed by atoms with van der Waals surface area (Å²) in [6.07, 6.45) is 2.27. The van der Waals surface area contributed by atoms with Crippen LogP contribution in [0.25, 0.3) is 0 Å². The van der Waals surface area contributed by atoms with Crippen molar-refractivity contribution in [3.8, 4) is 0 Å². The zero-order valence-electron chi connectivity index (χ0n) is 14.3. The highest BCUT2D eigenvalue weighted by atomic mass is 16.1. The molecule has 0 spiro atoms. The maximum Gasteiger partial charge on any atom is 0.256 e. The largest absolute Gasteiger partial charge is 0.357 e. The number of aromatic nitrogens is 1. The summed E-state index contributed by atoms with van der Waals surface area (Å²) < 4.78 is 0. The number of carbonyl (C=O) groups excluding carboxylic acids is 1. The Labute approximate surface area is 143 Å². The first-order valence-electron chi connectivity index (χ1n) is 8.38. The number of likely N-dealkylation sites (tertiary alicyclic amines) is 1. The molecule has 1 fully saturated rings. The van der Waals surface area contributed by atoms with Crippen molar-refractivity contribution in [2.45, 2.75) is 18.9 Å². The van der Waals surface area contributed by atoms with Gasteiger partial charge in [0.2, 0.25) is 0 Å². The van der Waals surface area contributed by atoms with Crippen molar-refractivity contribution in [2.24, 2.45) is 0 Å². The SMILES string of the molecule is CN1CCC(N(C)c2cccc(NC(=O)c3ccccc3)n2)CC1. The first-order valence-corrected chi connectivity index (χ1v) is 8.38. The van der Waals surface area contributed by atoms with E-state index in [0.717, 1.165) is 31.7 Å². The highest BCUT2D eigenvalue weighted by molar-refractivity contribution is 6.03. The molecule has 5 nitrogen and oxygen atoms in total. The zero-order valence-corrected chi connectivity index (χ0v) is 14.3. The van der Waals surface area contributed by atoms with Gasteiger partial charge in [-0.15, -0.1) is 0 Å². The van der Waals surface area contributed by atoms with Crippen molar-refractivity contribution < 1.29 is 4.79 Å². The molecule has 0 radical (unpaired) electrons. The Balaban J connectivity index is 1.68. The lowest BCUT2D eigenvalue weighted by atomic mass is 10.0. The molecule has 0 unspecified atom stereocenters. The lowest BCUT2D eigenvalue weighted by Gasteiger charge is -2.35. The molecule has 3 rings (SSSR count). The fraction of sp³-hybridized carbons (Fsp3) is 0.368. The Bertz CT molecular complexity index is 681. The molecule has 0 atom stereocenters. The molecule has 0 saturated carbocycles. The molecular weight excluding hydrogens is 300 g/mol. The summed E-state index contributed by atoms with van der Waals surface area (Å²) in [7, 11) is 4.25. The van der Waals surface area contributed by atoms with Gasteiger partial charge >= 0.3 is 0 Å². The number of anilines is 2. The molecule has 1 aromatic carbocycles. The molecule has 126 valence electrons. The van der Waals surface area contributed by atoms with Crippen LogP contribution >= 0.6 is 0 Å². The summed E-state index contributed by atoms with van der Waals surface area (Å²) >= 11 is 0. The minimum atomic E-state index is -0.137. The van der Waals surface area contributed by atoms with E-state index >= 15 is 0 Å². The average Bonchev–Trinajstić information content (AvgIpc) is 2.63. The van der Waals surface area contributed by atoms with Crippen molar-refractivity contribution in [3.63, 3.8) is 0 Å². The van der Waals surface area contributed by atoms with E-state index in [1.807, 2.05) is 36.4 Å². The maximum absolute atomic E-state index is 12.3. The van der Waals surface area contributed by atoms with E-state index in [-0.39, 0.29) is 5.91 Å². The van der Waals surface area contributed by atoms with Crippen LogP contribution in [-0.2, 0) is 0 Å². The number of rotatable bonds is 4. The fourth-order valence-corrected chi connectivity index (χ4v) is 3.04. The second kappa shape index (κ2) is 7.45. The lowest BCUT2D eigenvalue weighted by Crippen LogP contribution is -2.42. The predicted molar refractivity (Wildman–Crippen MR) is 97.6 cm³/mol. The summed E-state index contributed by atoms with van der Waals surface area (Å²) in [5.74, 6) is 1.35. The van der Waals surface area contributed by atoms with Crippen molar-refractivity contribution in [2.75, 3.05) is 37.4 Å². The third-order valence-electron chi connectivity index (χ3n) is 4.61. The van der Waals surface area contributed by atoms with Gasteiger partial charge in [0.25, 0.3) is 5.91 Å². The normalized spacial score (nSPS) is 15.9. The quantitative estimate of drug-likeness (QED) is 0.939. The summed E-state index contributed by atoms with van der Waals surface area (Å²) in [6, 6.07) is 15.4. The topological polar surface area (TPSA) is 48.5 Å². The molecular formula is C19H24N4O. The van der Waals surface area contributed by atoms with Gasteiger partial charge in [0.15, 0.2) is 0 Å². The molecule has 2 aromatic rings. The molecule has 5 heteroatoms. The Morgan fingerprint density at radius 1 is 1.12 bits per heavy atom. The van der Waals surface area contributed by atoms with Crippen LogP contribution < -0.4 is 10.2 Å². The fourth-order valence-electron chi connectivity index (χ4n) is 3.04. The monoisotopic (exact) mass is 324 g/mol. The Hall–Kier alpha value is -2.40. The number of hydrogen-bond donors (Lipinski definition) is 1. The number of pyridine rings is 1. The van der Waals surface area contributed by atoms with Crippen molar-refractivity contribution in [1.82, 2.24) is 9.88 Å². The van der Waals surface area contributed by atoms with Crippen molar-refractivity contribution >= 4 is 17.5 Å². The molecule has 2 heterocycles. The van der Waals surface area contributed by atoms with Crippen molar-refractivity contribution in [1.29, 1.82) is 0 Å². The number of piperidine rings is 1. The zero-order chi connectivity index (χ0) is 16.9. The second-order valence-corrected chi connectivity index (χ2v) is 6.35. The third-order valence-corrected chi connectivity index (χ3v) is 4.61. The molecule has 0 aliphatic carbocycles. The third kappa shape index (κ3) is 3.92. The maximum atomic E-state index is 12.3. The molecule has 1 aromatic heterocycles. The van der Waals surface area contributed by atoms with Crippen LogP contribution in [0.1, 0.15) is 23.2 Å². The van der Waals surface area contributed by atoms with Crippen LogP contribution in [-0.4, -0.2) is 49.0 Å². The number of nitrogens with zero attached hydrogens (tertiary/aromatic N) is 3. The van der Waals surface area contributed by atoms with E-state index in [0.29, 0.717) is 17.4 Å². The number of benzene rings is 1. The van der Waals surface area contributed by atoms with Crippen LogP contribution in [0.3, 0.4) is 0 Å². The smallest absolute Gasteiger partial charge is 0.256 e. The second-order valence-electron chi connectivity index (χ2n) is 6.35. The van der Waals surface area contributed by atoms with Gasteiger partial charge in [0, 0.05) is 18.7 Å². The Morgan fingerprint density at radius 3 is 2.54 bits per heavy atom. The van der Waals surface area contributed by atoms with E-state index in [4.69, 9.17) is 0 Å². The number of carbonyl (C=O) groups is 1. The van der Waals surface area contributed by atoms with Gasteiger partial charge in [-0.25, -0.2) is 4.98 Å². The predicted octanol–water partition coefficient (Wildman–Crippen LogP) is 2.86. The van der Waals surface area contributed by atoms with Gasteiger partial charge in [-0.05, 0) is 57.2 Å². The minimum absolute atomic E-state index is 0.137. The van der Waals surface area contributed by atoms with Crippen LogP contribution in [0.5, 0.6) is 0 Å². The van der Waals surface area contributed by atoms with E-state index in [2.05, 4.69) is 34.2 Å². The number of hydrogen-bond acceptors (Lipinski definition) is 4. The standard InChI is InChI=1S/C19H24N4O/c1-22-13-11-16(12-14-22)23(2)18-10-6-9-17(20-18)21-19(24)15-7-4-3-5-8-15/h3-10,16H,11-14H2,1-2H3,(H,20,21,24). The number of amides is 1. The molecule has 1 amide bonds. The van der Waals surface area contributed by atoms with E-state index in [1.54, 1.807) is 12.1 Å².